The third kappa shape index (κ3) is 4.44. The summed E-state index contributed by atoms with van der Waals surface area (Å²) in [5.74, 6) is -0.860. The molecule has 114 valence electrons. The number of para-hydroxylation sites is 1. The van der Waals surface area contributed by atoms with Crippen LogP contribution in [0.25, 0.3) is 0 Å². The maximum absolute atomic E-state index is 12.0. The van der Waals surface area contributed by atoms with Gasteiger partial charge in [0.1, 0.15) is 0 Å². The Morgan fingerprint density at radius 2 is 2.00 bits per heavy atom. The standard InChI is InChI=1S/C14H13ClN4O2S/c1-22-14-17-7-10(15)12(19-14)13(21)16-8-11(20)18-9-5-3-2-4-6-9/h2-7H,8H2,1H3,(H,16,21)(H,18,20). The van der Waals surface area contributed by atoms with E-state index >= 15 is 0 Å². The van der Waals surface area contributed by atoms with Crippen LogP contribution < -0.4 is 10.6 Å². The molecule has 0 saturated carbocycles. The predicted octanol–water partition coefficient (Wildman–Crippen LogP) is 2.22. The van der Waals surface area contributed by atoms with Crippen LogP contribution in [-0.4, -0.2) is 34.6 Å². The van der Waals surface area contributed by atoms with Crippen molar-refractivity contribution in [2.45, 2.75) is 5.16 Å². The monoisotopic (exact) mass is 336 g/mol. The van der Waals surface area contributed by atoms with Crippen molar-refractivity contribution in [3.63, 3.8) is 0 Å². The molecule has 0 bridgehead atoms. The molecule has 2 aromatic rings. The minimum atomic E-state index is -0.522. The largest absolute Gasteiger partial charge is 0.342 e. The van der Waals surface area contributed by atoms with Crippen LogP contribution in [-0.2, 0) is 4.79 Å². The van der Waals surface area contributed by atoms with Crippen molar-refractivity contribution in [1.82, 2.24) is 15.3 Å². The molecule has 6 nitrogen and oxygen atoms in total. The number of nitrogens with zero attached hydrogens (tertiary/aromatic N) is 2. The highest BCUT2D eigenvalue weighted by Gasteiger charge is 2.15. The lowest BCUT2D eigenvalue weighted by Crippen LogP contribution is -2.33. The first kappa shape index (κ1) is 16.3. The second-order valence-electron chi connectivity index (χ2n) is 4.15. The quantitative estimate of drug-likeness (QED) is 0.646. The number of hydrogen-bond donors (Lipinski definition) is 2. The number of amides is 2. The topological polar surface area (TPSA) is 84.0 Å². The van der Waals surface area contributed by atoms with Crippen LogP contribution in [0.3, 0.4) is 0 Å². The van der Waals surface area contributed by atoms with Gasteiger partial charge in [-0.15, -0.1) is 0 Å². The number of anilines is 1. The zero-order valence-electron chi connectivity index (χ0n) is 11.7. The Balaban J connectivity index is 1.94. The summed E-state index contributed by atoms with van der Waals surface area (Å²) >= 11 is 7.19. The van der Waals surface area contributed by atoms with Crippen LogP contribution in [0.2, 0.25) is 5.02 Å². The summed E-state index contributed by atoms with van der Waals surface area (Å²) in [6.07, 6.45) is 3.15. The maximum Gasteiger partial charge on any atom is 0.272 e. The molecule has 0 radical (unpaired) electrons. The van der Waals surface area contributed by atoms with Crippen LogP contribution in [0.5, 0.6) is 0 Å². The van der Waals surface area contributed by atoms with Crippen molar-refractivity contribution in [2.75, 3.05) is 18.1 Å². The summed E-state index contributed by atoms with van der Waals surface area (Å²) < 4.78 is 0. The summed E-state index contributed by atoms with van der Waals surface area (Å²) in [6.45, 7) is -0.178. The van der Waals surface area contributed by atoms with E-state index < -0.39 is 5.91 Å². The summed E-state index contributed by atoms with van der Waals surface area (Å²) in [6, 6.07) is 8.97. The van der Waals surface area contributed by atoms with Crippen LogP contribution in [0.1, 0.15) is 10.5 Å². The molecule has 0 fully saturated rings. The van der Waals surface area contributed by atoms with Crippen molar-refractivity contribution < 1.29 is 9.59 Å². The van der Waals surface area contributed by atoms with E-state index in [1.807, 2.05) is 6.07 Å². The second-order valence-corrected chi connectivity index (χ2v) is 5.33. The highest BCUT2D eigenvalue weighted by atomic mass is 35.5. The average molecular weight is 337 g/mol. The lowest BCUT2D eigenvalue weighted by Gasteiger charge is -2.07. The zero-order valence-corrected chi connectivity index (χ0v) is 13.2. The third-order valence-electron chi connectivity index (χ3n) is 2.59. The molecule has 22 heavy (non-hydrogen) atoms. The van der Waals surface area contributed by atoms with Gasteiger partial charge in [0.2, 0.25) is 5.91 Å². The van der Waals surface area contributed by atoms with Gasteiger partial charge in [-0.1, -0.05) is 41.6 Å². The summed E-state index contributed by atoms with van der Waals surface area (Å²) in [5.41, 5.74) is 0.708. The van der Waals surface area contributed by atoms with E-state index in [1.165, 1.54) is 18.0 Å². The average Bonchev–Trinajstić information content (AvgIpc) is 2.54. The van der Waals surface area contributed by atoms with Crippen LogP contribution in [0, 0.1) is 0 Å². The number of carbonyl (C=O) groups excluding carboxylic acids is 2. The zero-order chi connectivity index (χ0) is 15.9. The molecule has 2 rings (SSSR count). The number of carbonyl (C=O) groups is 2. The molecule has 1 aromatic heterocycles. The molecule has 0 atom stereocenters. The number of aromatic nitrogens is 2. The van der Waals surface area contributed by atoms with Gasteiger partial charge in [0.15, 0.2) is 10.9 Å². The number of hydrogen-bond acceptors (Lipinski definition) is 5. The molecule has 0 unspecified atom stereocenters. The summed E-state index contributed by atoms with van der Waals surface area (Å²) in [5, 5.41) is 5.71. The van der Waals surface area contributed by atoms with E-state index in [2.05, 4.69) is 20.6 Å². The van der Waals surface area contributed by atoms with E-state index in [9.17, 15) is 9.59 Å². The number of nitrogens with one attached hydrogen (secondary N) is 2. The van der Waals surface area contributed by atoms with Crippen molar-refractivity contribution >= 4 is 40.9 Å². The van der Waals surface area contributed by atoms with Crippen LogP contribution in [0.15, 0.2) is 41.7 Å². The number of benzene rings is 1. The molecule has 2 amide bonds. The minimum absolute atomic E-state index is 0.0496. The number of halogens is 1. The molecular formula is C14H13ClN4O2S. The minimum Gasteiger partial charge on any atom is -0.342 e. The van der Waals surface area contributed by atoms with Crippen LogP contribution in [0.4, 0.5) is 5.69 Å². The Kier molecular flexibility index (Phi) is 5.74. The van der Waals surface area contributed by atoms with Gasteiger partial charge in [-0.2, -0.15) is 0 Å². The maximum atomic E-state index is 12.0. The van der Waals surface area contributed by atoms with Crippen LogP contribution >= 0.6 is 23.4 Å². The molecule has 8 heteroatoms. The highest BCUT2D eigenvalue weighted by Crippen LogP contribution is 2.16. The molecule has 0 aliphatic carbocycles. The van der Waals surface area contributed by atoms with E-state index in [4.69, 9.17) is 11.6 Å². The number of thioether (sulfide) groups is 1. The molecule has 1 aromatic carbocycles. The first-order valence-electron chi connectivity index (χ1n) is 6.30. The fourth-order valence-corrected chi connectivity index (χ4v) is 2.10. The lowest BCUT2D eigenvalue weighted by molar-refractivity contribution is -0.115. The van der Waals surface area contributed by atoms with Gasteiger partial charge >= 0.3 is 0 Å². The molecule has 0 aliphatic heterocycles. The Labute approximate surface area is 136 Å². The highest BCUT2D eigenvalue weighted by molar-refractivity contribution is 7.98. The van der Waals surface area contributed by atoms with Gasteiger partial charge in [0, 0.05) is 5.69 Å². The first-order chi connectivity index (χ1) is 10.6. The third-order valence-corrected chi connectivity index (χ3v) is 3.43. The summed E-state index contributed by atoms with van der Waals surface area (Å²) in [7, 11) is 0. The molecule has 1 heterocycles. The smallest absolute Gasteiger partial charge is 0.272 e. The molecule has 0 spiro atoms. The first-order valence-corrected chi connectivity index (χ1v) is 7.90. The van der Waals surface area contributed by atoms with Crippen molar-refractivity contribution in [1.29, 1.82) is 0 Å². The van der Waals surface area contributed by atoms with Crippen molar-refractivity contribution in [3.05, 3.63) is 47.2 Å². The lowest BCUT2D eigenvalue weighted by atomic mass is 10.3. The number of rotatable bonds is 5. The van der Waals surface area contributed by atoms with Gasteiger partial charge in [0.25, 0.3) is 5.91 Å². The van der Waals surface area contributed by atoms with Gasteiger partial charge in [-0.3, -0.25) is 9.59 Å². The Bertz CT molecular complexity index is 682. The Hall–Kier alpha value is -2.12. The van der Waals surface area contributed by atoms with Gasteiger partial charge in [-0.25, -0.2) is 9.97 Å². The van der Waals surface area contributed by atoms with Crippen molar-refractivity contribution in [3.8, 4) is 0 Å². The van der Waals surface area contributed by atoms with Gasteiger partial charge in [-0.05, 0) is 18.4 Å². The fraction of sp³-hybridized carbons (Fsp3) is 0.143. The fourth-order valence-electron chi connectivity index (χ4n) is 1.58. The van der Waals surface area contributed by atoms with E-state index in [0.717, 1.165) is 0 Å². The molecular weight excluding hydrogens is 324 g/mol. The van der Waals surface area contributed by atoms with Gasteiger partial charge in [0.05, 0.1) is 17.8 Å². The molecule has 2 N–H and O–H groups in total. The van der Waals surface area contributed by atoms with Gasteiger partial charge < -0.3 is 10.6 Å². The van der Waals surface area contributed by atoms with Crippen molar-refractivity contribution in [2.24, 2.45) is 0 Å². The Morgan fingerprint density at radius 1 is 1.27 bits per heavy atom. The van der Waals surface area contributed by atoms with E-state index in [0.29, 0.717) is 10.8 Å². The molecule has 0 saturated heterocycles. The SMILES string of the molecule is CSc1ncc(Cl)c(C(=O)NCC(=O)Nc2ccccc2)n1. The predicted molar refractivity (Wildman–Crippen MR) is 86.2 cm³/mol. The normalized spacial score (nSPS) is 10.1. The molecule has 0 aliphatic rings. The Morgan fingerprint density at radius 3 is 2.68 bits per heavy atom. The van der Waals surface area contributed by atoms with E-state index in [-0.39, 0.29) is 23.2 Å². The summed E-state index contributed by atoms with van der Waals surface area (Å²) in [4.78, 5) is 31.8. The van der Waals surface area contributed by atoms with E-state index in [1.54, 1.807) is 30.5 Å². The second kappa shape index (κ2) is 7.77.